The Labute approximate surface area is 202 Å². The van der Waals surface area contributed by atoms with E-state index in [-0.39, 0.29) is 22.2 Å². The molecule has 3 rings (SSSR count). The molecule has 2 N–H and O–H groups in total. The van der Waals surface area contributed by atoms with Crippen LogP contribution >= 0.6 is 11.8 Å². The van der Waals surface area contributed by atoms with Crippen LogP contribution in [0.15, 0.2) is 88.7 Å². The summed E-state index contributed by atoms with van der Waals surface area (Å²) in [5.41, 5.74) is 1.48. The van der Waals surface area contributed by atoms with Crippen LogP contribution in [0.5, 0.6) is 0 Å². The maximum absolute atomic E-state index is 12.8. The van der Waals surface area contributed by atoms with Crippen LogP contribution in [0.3, 0.4) is 0 Å². The molecule has 0 bridgehead atoms. The Bertz CT molecular complexity index is 1210. The highest BCUT2D eigenvalue weighted by Gasteiger charge is 2.19. The van der Waals surface area contributed by atoms with Crippen LogP contribution in [0.2, 0.25) is 0 Å². The minimum Gasteiger partial charge on any atom is -0.350 e. The van der Waals surface area contributed by atoms with Gasteiger partial charge in [0.25, 0.3) is 21.7 Å². The number of anilines is 1. The zero-order valence-electron chi connectivity index (χ0n) is 18.6. The Balaban J connectivity index is 1.69. The molecule has 0 unspecified atom stereocenters. The van der Waals surface area contributed by atoms with Gasteiger partial charge in [0.2, 0.25) is 0 Å². The summed E-state index contributed by atoms with van der Waals surface area (Å²) in [6.07, 6.45) is 0. The summed E-state index contributed by atoms with van der Waals surface area (Å²) in [6.45, 7) is 0.341. The van der Waals surface area contributed by atoms with E-state index in [4.69, 9.17) is 0 Å². The van der Waals surface area contributed by atoms with Crippen molar-refractivity contribution in [3.8, 4) is 0 Å². The molecule has 180 valence electrons. The molecule has 3 aromatic carbocycles. The number of hydrogen-bond acceptors (Lipinski definition) is 5. The number of alkyl halides is 2. The van der Waals surface area contributed by atoms with Gasteiger partial charge in [0.15, 0.2) is 0 Å². The molecule has 0 heterocycles. The Kier molecular flexibility index (Phi) is 8.65. The van der Waals surface area contributed by atoms with Crippen LogP contribution in [0.1, 0.15) is 22.0 Å². The topological polar surface area (TPSA) is 78.5 Å². The molecule has 0 spiro atoms. The second kappa shape index (κ2) is 11.5. The third kappa shape index (κ3) is 7.02. The Hall–Kier alpha value is -2.95. The first-order chi connectivity index (χ1) is 16.2. The maximum Gasteiger partial charge on any atom is 0.288 e. The van der Waals surface area contributed by atoms with Crippen molar-refractivity contribution in [1.82, 2.24) is 10.2 Å². The van der Waals surface area contributed by atoms with Crippen molar-refractivity contribution in [2.45, 2.75) is 21.6 Å². The molecule has 3 aromatic rings. The number of rotatable bonds is 10. The van der Waals surface area contributed by atoms with Gasteiger partial charge in [0.1, 0.15) is 0 Å². The highest BCUT2D eigenvalue weighted by Crippen LogP contribution is 2.27. The molecule has 34 heavy (non-hydrogen) atoms. The number of carbonyl (C=O) groups is 1. The minimum absolute atomic E-state index is 0.0510. The average Bonchev–Trinajstić information content (AvgIpc) is 2.80. The van der Waals surface area contributed by atoms with E-state index in [1.165, 1.54) is 48.5 Å². The average molecular weight is 506 g/mol. The lowest BCUT2D eigenvalue weighted by Gasteiger charge is -2.25. The van der Waals surface area contributed by atoms with Crippen molar-refractivity contribution < 1.29 is 22.0 Å². The van der Waals surface area contributed by atoms with E-state index < -0.39 is 21.7 Å². The molecular formula is C24H25F2N3O3S2. The molecule has 0 radical (unpaired) electrons. The summed E-state index contributed by atoms with van der Waals surface area (Å²) < 4.78 is 52.9. The second-order valence-electron chi connectivity index (χ2n) is 7.64. The first kappa shape index (κ1) is 25.7. The Morgan fingerprint density at radius 1 is 0.971 bits per heavy atom. The SMILES string of the molecule is CN(C)[C@H](CNC(=O)c1cccc(S(=O)(=O)Nc2ccc(SC(F)F)cc2)c1)c1ccccc1. The van der Waals surface area contributed by atoms with Gasteiger partial charge >= 0.3 is 0 Å². The number of sulfonamides is 1. The van der Waals surface area contributed by atoms with Crippen LogP contribution in [-0.4, -0.2) is 45.6 Å². The summed E-state index contributed by atoms with van der Waals surface area (Å²) in [4.78, 5) is 15.0. The van der Waals surface area contributed by atoms with E-state index in [1.807, 2.05) is 49.3 Å². The van der Waals surface area contributed by atoms with Crippen molar-refractivity contribution in [1.29, 1.82) is 0 Å². The smallest absolute Gasteiger partial charge is 0.288 e. The summed E-state index contributed by atoms with van der Waals surface area (Å²) in [7, 11) is -0.150. The summed E-state index contributed by atoms with van der Waals surface area (Å²) >= 11 is 0.375. The zero-order chi connectivity index (χ0) is 24.7. The molecule has 0 saturated carbocycles. The predicted octanol–water partition coefficient (Wildman–Crippen LogP) is 4.83. The van der Waals surface area contributed by atoms with E-state index in [2.05, 4.69) is 10.0 Å². The normalized spacial score (nSPS) is 12.5. The van der Waals surface area contributed by atoms with E-state index >= 15 is 0 Å². The van der Waals surface area contributed by atoms with Crippen LogP contribution < -0.4 is 10.0 Å². The molecule has 0 saturated heterocycles. The van der Waals surface area contributed by atoms with E-state index in [1.54, 1.807) is 0 Å². The summed E-state index contributed by atoms with van der Waals surface area (Å²) in [6, 6.07) is 21.0. The summed E-state index contributed by atoms with van der Waals surface area (Å²) in [5.74, 6) is -2.95. The summed E-state index contributed by atoms with van der Waals surface area (Å²) in [5, 5.41) is 2.87. The van der Waals surface area contributed by atoms with Gasteiger partial charge in [-0.3, -0.25) is 9.52 Å². The fraction of sp³-hybridized carbons (Fsp3) is 0.208. The van der Waals surface area contributed by atoms with Crippen molar-refractivity contribution in [3.63, 3.8) is 0 Å². The van der Waals surface area contributed by atoms with E-state index in [0.717, 1.165) is 5.56 Å². The lowest BCUT2D eigenvalue weighted by molar-refractivity contribution is 0.0941. The van der Waals surface area contributed by atoms with Gasteiger partial charge in [-0.05, 0) is 62.1 Å². The van der Waals surface area contributed by atoms with Crippen molar-refractivity contribution >= 4 is 33.4 Å². The minimum atomic E-state index is -3.99. The van der Waals surface area contributed by atoms with Gasteiger partial charge in [0, 0.05) is 22.7 Å². The van der Waals surface area contributed by atoms with Gasteiger partial charge < -0.3 is 10.2 Å². The van der Waals surface area contributed by atoms with Crippen molar-refractivity contribution in [2.75, 3.05) is 25.4 Å². The van der Waals surface area contributed by atoms with Crippen molar-refractivity contribution in [3.05, 3.63) is 90.0 Å². The molecule has 0 fully saturated rings. The molecule has 0 aliphatic heterocycles. The number of amides is 1. The first-order valence-electron chi connectivity index (χ1n) is 10.3. The van der Waals surface area contributed by atoms with Crippen LogP contribution in [0.4, 0.5) is 14.5 Å². The molecule has 1 atom stereocenters. The van der Waals surface area contributed by atoms with Gasteiger partial charge in [-0.1, -0.05) is 48.2 Å². The third-order valence-corrected chi connectivity index (χ3v) is 7.10. The maximum atomic E-state index is 12.8. The van der Waals surface area contributed by atoms with Crippen molar-refractivity contribution in [2.24, 2.45) is 0 Å². The quantitative estimate of drug-likeness (QED) is 0.386. The van der Waals surface area contributed by atoms with Gasteiger partial charge in [0.05, 0.1) is 10.9 Å². The fourth-order valence-electron chi connectivity index (χ4n) is 3.29. The van der Waals surface area contributed by atoms with Crippen LogP contribution in [0.25, 0.3) is 0 Å². The molecular weight excluding hydrogens is 480 g/mol. The van der Waals surface area contributed by atoms with Gasteiger partial charge in [-0.15, -0.1) is 0 Å². The predicted molar refractivity (Wildman–Crippen MR) is 131 cm³/mol. The molecule has 6 nitrogen and oxygen atoms in total. The first-order valence-corrected chi connectivity index (χ1v) is 12.7. The number of nitrogens with zero attached hydrogens (tertiary/aromatic N) is 1. The van der Waals surface area contributed by atoms with Crippen LogP contribution in [0, 0.1) is 0 Å². The highest BCUT2D eigenvalue weighted by molar-refractivity contribution is 7.99. The lowest BCUT2D eigenvalue weighted by atomic mass is 10.1. The number of likely N-dealkylation sites (N-methyl/N-ethyl adjacent to an activating group) is 1. The molecule has 0 aliphatic rings. The molecule has 0 aromatic heterocycles. The lowest BCUT2D eigenvalue weighted by Crippen LogP contribution is -2.34. The standard InChI is InChI=1S/C24H25F2N3O3S2/c1-29(2)22(17-7-4-3-5-8-17)16-27-23(30)18-9-6-10-21(15-18)34(31,32)28-19-11-13-20(14-12-19)33-24(25)26/h3-15,22,24,28H,16H2,1-2H3,(H,27,30)/t22-/m1/s1. The number of halogens is 2. The number of nitrogens with one attached hydrogen (secondary N) is 2. The largest absolute Gasteiger partial charge is 0.350 e. The monoisotopic (exact) mass is 505 g/mol. The third-order valence-electron chi connectivity index (χ3n) is 5.00. The van der Waals surface area contributed by atoms with E-state index in [0.29, 0.717) is 23.2 Å². The number of thioether (sulfide) groups is 1. The van der Waals surface area contributed by atoms with Crippen LogP contribution in [-0.2, 0) is 10.0 Å². The van der Waals surface area contributed by atoms with Gasteiger partial charge in [-0.25, -0.2) is 8.42 Å². The number of carbonyl (C=O) groups excluding carboxylic acids is 1. The Morgan fingerprint density at radius 2 is 1.65 bits per heavy atom. The Morgan fingerprint density at radius 3 is 2.26 bits per heavy atom. The van der Waals surface area contributed by atoms with Gasteiger partial charge in [-0.2, -0.15) is 8.78 Å². The number of benzene rings is 3. The zero-order valence-corrected chi connectivity index (χ0v) is 20.2. The van der Waals surface area contributed by atoms with E-state index in [9.17, 15) is 22.0 Å². The highest BCUT2D eigenvalue weighted by atomic mass is 32.2. The second-order valence-corrected chi connectivity index (χ2v) is 10.4. The molecule has 1 amide bonds. The fourth-order valence-corrected chi connectivity index (χ4v) is 4.89. The molecule has 10 heteroatoms. The molecule has 0 aliphatic carbocycles. The number of hydrogen-bond donors (Lipinski definition) is 2.